The van der Waals surface area contributed by atoms with Gasteiger partial charge in [0.1, 0.15) is 0 Å². The van der Waals surface area contributed by atoms with Gasteiger partial charge in [0.25, 0.3) is 0 Å². The number of sulfonamides is 1. The average molecular weight is 557 g/mol. The van der Waals surface area contributed by atoms with E-state index in [1.807, 2.05) is 30.5 Å². The van der Waals surface area contributed by atoms with Crippen LogP contribution in [0.5, 0.6) is 0 Å². The number of hydrogen-bond donors (Lipinski definition) is 2. The van der Waals surface area contributed by atoms with Gasteiger partial charge in [0, 0.05) is 43.1 Å². The quantitative estimate of drug-likeness (QED) is 0.282. The van der Waals surface area contributed by atoms with E-state index in [4.69, 9.17) is 4.98 Å². The fraction of sp³-hybridized carbons (Fsp3) is 0.355. The Hall–Kier alpha value is -3.53. The lowest BCUT2D eigenvalue weighted by Gasteiger charge is -2.25. The summed E-state index contributed by atoms with van der Waals surface area (Å²) in [4.78, 5) is 12.3. The number of para-hydroxylation sites is 1. The molecule has 4 aromatic rings. The minimum absolute atomic E-state index is 0.231. The Labute approximate surface area is 236 Å². The van der Waals surface area contributed by atoms with Crippen molar-refractivity contribution in [3.05, 3.63) is 78.0 Å². The number of hydrogen-bond acceptors (Lipinski definition) is 7. The highest BCUT2D eigenvalue weighted by molar-refractivity contribution is 7.89. The Morgan fingerprint density at radius 1 is 0.875 bits per heavy atom. The van der Waals surface area contributed by atoms with E-state index in [2.05, 4.69) is 38.7 Å². The minimum atomic E-state index is -3.54. The maximum Gasteiger partial charge on any atom is 0.242 e. The van der Waals surface area contributed by atoms with Gasteiger partial charge in [-0.15, -0.1) is 0 Å². The van der Waals surface area contributed by atoms with Crippen LogP contribution in [0.1, 0.15) is 36.8 Å². The lowest BCUT2D eigenvalue weighted by Crippen LogP contribution is -2.32. The van der Waals surface area contributed by atoms with E-state index in [1.165, 1.54) is 68.3 Å². The molecule has 40 heavy (non-hydrogen) atoms. The van der Waals surface area contributed by atoms with Crippen molar-refractivity contribution in [2.75, 3.05) is 37.8 Å². The fourth-order valence-electron chi connectivity index (χ4n) is 5.89. The van der Waals surface area contributed by atoms with Gasteiger partial charge >= 0.3 is 0 Å². The van der Waals surface area contributed by atoms with Gasteiger partial charge in [0.2, 0.25) is 16.0 Å². The Bertz CT molecular complexity index is 1630. The van der Waals surface area contributed by atoms with E-state index in [0.29, 0.717) is 17.7 Å². The van der Waals surface area contributed by atoms with Crippen molar-refractivity contribution < 1.29 is 8.42 Å². The largest absolute Gasteiger partial charge is 0.354 e. The molecule has 0 spiro atoms. The third kappa shape index (κ3) is 5.54. The van der Waals surface area contributed by atoms with Crippen molar-refractivity contribution in [2.45, 2.75) is 49.5 Å². The molecule has 0 radical (unpaired) electrons. The zero-order valence-electron chi connectivity index (χ0n) is 23.1. The molecule has 1 aromatic heterocycles. The van der Waals surface area contributed by atoms with Crippen LogP contribution in [0.2, 0.25) is 0 Å². The van der Waals surface area contributed by atoms with Crippen molar-refractivity contribution in [3.8, 4) is 0 Å². The number of nitrogens with zero attached hydrogens (tertiary/aromatic N) is 4. The molecular formula is C31H36N6O2S. The van der Waals surface area contributed by atoms with E-state index in [-0.39, 0.29) is 4.90 Å². The molecule has 1 unspecified atom stereocenters. The SMILES string of the molecule is CN(C)S(=O)(=O)c1cccc(Nc2cccc3cnc(Nc4ccc5c(c4)CCC(N4CCCC4)CC5)nc23)c1. The summed E-state index contributed by atoms with van der Waals surface area (Å²) in [6, 6.07) is 20.0. The van der Waals surface area contributed by atoms with Crippen LogP contribution >= 0.6 is 0 Å². The van der Waals surface area contributed by atoms with Gasteiger partial charge in [-0.1, -0.05) is 24.3 Å². The first-order chi connectivity index (χ1) is 19.4. The molecule has 1 atom stereocenters. The van der Waals surface area contributed by atoms with Crippen molar-refractivity contribution in [1.82, 2.24) is 19.2 Å². The first kappa shape index (κ1) is 26.7. The number of aryl methyl sites for hydroxylation is 2. The maximum atomic E-state index is 12.6. The number of aromatic nitrogens is 2. The van der Waals surface area contributed by atoms with Gasteiger partial charge in [0.15, 0.2) is 0 Å². The number of anilines is 4. The van der Waals surface area contributed by atoms with Gasteiger partial charge in [0.05, 0.1) is 16.1 Å². The van der Waals surface area contributed by atoms with E-state index in [9.17, 15) is 8.42 Å². The second-order valence-corrected chi connectivity index (χ2v) is 13.1. The summed E-state index contributed by atoms with van der Waals surface area (Å²) in [7, 11) is -0.479. The van der Waals surface area contributed by atoms with Crippen LogP contribution in [-0.2, 0) is 22.9 Å². The lowest BCUT2D eigenvalue weighted by atomic mass is 10.0. The van der Waals surface area contributed by atoms with Gasteiger partial charge in [-0.2, -0.15) is 0 Å². The second kappa shape index (κ2) is 11.2. The summed E-state index contributed by atoms with van der Waals surface area (Å²) < 4.78 is 26.5. The van der Waals surface area contributed by atoms with Crippen LogP contribution in [0.4, 0.5) is 23.0 Å². The monoisotopic (exact) mass is 556 g/mol. The average Bonchev–Trinajstić information content (AvgIpc) is 3.41. The molecular weight excluding hydrogens is 520 g/mol. The molecule has 0 bridgehead atoms. The molecule has 2 heterocycles. The summed E-state index contributed by atoms with van der Waals surface area (Å²) >= 11 is 0. The van der Waals surface area contributed by atoms with Crippen LogP contribution in [-0.4, -0.2) is 60.8 Å². The zero-order chi connectivity index (χ0) is 27.7. The summed E-state index contributed by atoms with van der Waals surface area (Å²) in [6.07, 6.45) is 9.18. The smallest absolute Gasteiger partial charge is 0.242 e. The Balaban J connectivity index is 1.22. The van der Waals surface area contributed by atoms with Crippen molar-refractivity contribution >= 4 is 43.9 Å². The molecule has 6 rings (SSSR count). The molecule has 0 amide bonds. The number of benzene rings is 3. The number of likely N-dealkylation sites (tertiary alicyclic amines) is 1. The van der Waals surface area contributed by atoms with Crippen LogP contribution < -0.4 is 10.6 Å². The molecule has 1 saturated heterocycles. The molecule has 208 valence electrons. The molecule has 3 aromatic carbocycles. The van der Waals surface area contributed by atoms with E-state index in [0.717, 1.165) is 35.1 Å². The van der Waals surface area contributed by atoms with Gasteiger partial charge in [-0.3, -0.25) is 0 Å². The minimum Gasteiger partial charge on any atom is -0.354 e. The highest BCUT2D eigenvalue weighted by atomic mass is 32.2. The first-order valence-electron chi connectivity index (χ1n) is 14.0. The fourth-order valence-corrected chi connectivity index (χ4v) is 6.84. The molecule has 1 aliphatic carbocycles. The summed E-state index contributed by atoms with van der Waals surface area (Å²) in [6.45, 7) is 2.51. The Kier molecular flexibility index (Phi) is 7.44. The normalized spacial score (nSPS) is 18.0. The molecule has 9 heteroatoms. The van der Waals surface area contributed by atoms with Crippen molar-refractivity contribution in [3.63, 3.8) is 0 Å². The van der Waals surface area contributed by atoms with Crippen LogP contribution in [0, 0.1) is 0 Å². The molecule has 2 N–H and O–H groups in total. The third-order valence-corrected chi connectivity index (χ3v) is 9.93. The highest BCUT2D eigenvalue weighted by Crippen LogP contribution is 2.30. The topological polar surface area (TPSA) is 90.5 Å². The maximum absolute atomic E-state index is 12.6. The summed E-state index contributed by atoms with van der Waals surface area (Å²) in [5, 5.41) is 7.67. The van der Waals surface area contributed by atoms with Gasteiger partial charge in [-0.05, 0) is 99.1 Å². The van der Waals surface area contributed by atoms with Crippen molar-refractivity contribution in [1.29, 1.82) is 0 Å². The number of fused-ring (bicyclic) bond motifs is 2. The molecule has 0 saturated carbocycles. The standard InChI is InChI=1S/C31H36N6O2S/c1-36(2)40(38,39)28-9-6-8-25(20-28)33-29-10-5-7-24-21-32-31(35-30(24)29)34-26-14-11-22-12-15-27(16-13-23(22)19-26)37-17-3-4-18-37/h5-11,14,19-21,27,33H,3-4,12-13,15-18H2,1-2H3,(H,32,34,35). The van der Waals surface area contributed by atoms with E-state index in [1.54, 1.807) is 18.2 Å². The number of rotatable bonds is 7. The molecule has 1 aliphatic heterocycles. The predicted molar refractivity (Wildman–Crippen MR) is 161 cm³/mol. The van der Waals surface area contributed by atoms with Crippen LogP contribution in [0.15, 0.2) is 71.8 Å². The summed E-state index contributed by atoms with van der Waals surface area (Å²) in [5.41, 5.74) is 6.06. The molecule has 8 nitrogen and oxygen atoms in total. The number of nitrogens with one attached hydrogen (secondary N) is 2. The van der Waals surface area contributed by atoms with E-state index >= 15 is 0 Å². The molecule has 1 fully saturated rings. The van der Waals surface area contributed by atoms with Crippen LogP contribution in [0.3, 0.4) is 0 Å². The zero-order valence-corrected chi connectivity index (χ0v) is 23.9. The highest BCUT2D eigenvalue weighted by Gasteiger charge is 2.24. The summed E-state index contributed by atoms with van der Waals surface area (Å²) in [5.74, 6) is 0.522. The Morgan fingerprint density at radius 3 is 2.42 bits per heavy atom. The molecule has 2 aliphatic rings. The Morgan fingerprint density at radius 2 is 1.62 bits per heavy atom. The first-order valence-corrected chi connectivity index (χ1v) is 15.5. The third-order valence-electron chi connectivity index (χ3n) is 8.12. The van der Waals surface area contributed by atoms with Crippen molar-refractivity contribution in [2.24, 2.45) is 0 Å². The second-order valence-electron chi connectivity index (χ2n) is 11.0. The predicted octanol–water partition coefficient (Wildman–Crippen LogP) is 5.71. The van der Waals surface area contributed by atoms with Crippen LogP contribution in [0.25, 0.3) is 10.9 Å². The van der Waals surface area contributed by atoms with Gasteiger partial charge in [-0.25, -0.2) is 22.7 Å². The lowest BCUT2D eigenvalue weighted by molar-refractivity contribution is 0.222. The van der Waals surface area contributed by atoms with E-state index < -0.39 is 10.0 Å². The van der Waals surface area contributed by atoms with Gasteiger partial charge < -0.3 is 15.5 Å².